The molecule has 0 saturated carbocycles. The lowest BCUT2D eigenvalue weighted by molar-refractivity contribution is -0.140. The van der Waals surface area contributed by atoms with Crippen LogP contribution in [0.1, 0.15) is 31.4 Å². The molecule has 1 saturated heterocycles. The van der Waals surface area contributed by atoms with E-state index in [9.17, 15) is 14.4 Å². The molecule has 0 spiro atoms. The second-order valence-electron chi connectivity index (χ2n) is 8.42. The van der Waals surface area contributed by atoms with Crippen LogP contribution >= 0.6 is 0 Å². The largest absolute Gasteiger partial charge is 0.447 e. The highest BCUT2D eigenvalue weighted by Crippen LogP contribution is 2.25. The number of carbonyl (C=O) groups excluding carboxylic acids is 3. The summed E-state index contributed by atoms with van der Waals surface area (Å²) in [5, 5.41) is 0. The van der Waals surface area contributed by atoms with E-state index in [0.29, 0.717) is 13.0 Å². The van der Waals surface area contributed by atoms with Gasteiger partial charge in [-0.2, -0.15) is 0 Å². The maximum absolute atomic E-state index is 13.4. The van der Waals surface area contributed by atoms with Gasteiger partial charge in [0.05, 0.1) is 12.0 Å². The Balaban J connectivity index is 1.78. The molecule has 6 nitrogen and oxygen atoms in total. The van der Waals surface area contributed by atoms with Crippen LogP contribution in [0.2, 0.25) is 0 Å². The fourth-order valence-electron chi connectivity index (χ4n) is 3.83. The highest BCUT2D eigenvalue weighted by atomic mass is 16.6. The summed E-state index contributed by atoms with van der Waals surface area (Å²) >= 11 is 0. The van der Waals surface area contributed by atoms with Gasteiger partial charge in [0.1, 0.15) is 6.61 Å². The van der Waals surface area contributed by atoms with Crippen LogP contribution < -0.4 is 0 Å². The van der Waals surface area contributed by atoms with E-state index in [1.165, 1.54) is 4.90 Å². The molecule has 0 radical (unpaired) electrons. The Morgan fingerprint density at radius 2 is 1.61 bits per heavy atom. The summed E-state index contributed by atoms with van der Waals surface area (Å²) in [6, 6.07) is 19.0. The Bertz CT molecular complexity index is 898. The maximum Gasteiger partial charge on any atom is 0.416 e. The van der Waals surface area contributed by atoms with Gasteiger partial charge < -0.3 is 9.64 Å². The van der Waals surface area contributed by atoms with Crippen LogP contribution in [-0.4, -0.2) is 47.4 Å². The van der Waals surface area contributed by atoms with E-state index >= 15 is 0 Å². The molecule has 31 heavy (non-hydrogen) atoms. The first-order chi connectivity index (χ1) is 14.9. The first-order valence-electron chi connectivity index (χ1n) is 10.7. The normalized spacial score (nSPS) is 16.8. The predicted molar refractivity (Wildman–Crippen MR) is 118 cm³/mol. The van der Waals surface area contributed by atoms with Crippen molar-refractivity contribution in [2.75, 3.05) is 13.7 Å². The van der Waals surface area contributed by atoms with Gasteiger partial charge in [-0.3, -0.25) is 9.59 Å². The first-order valence-corrected chi connectivity index (χ1v) is 10.7. The lowest BCUT2D eigenvalue weighted by Crippen LogP contribution is -2.46. The molecule has 6 heteroatoms. The van der Waals surface area contributed by atoms with Crippen LogP contribution in [0.3, 0.4) is 0 Å². The van der Waals surface area contributed by atoms with E-state index in [1.807, 2.05) is 74.5 Å². The number of cyclic esters (lactones) is 1. The average Bonchev–Trinajstić information content (AvgIpc) is 3.15. The van der Waals surface area contributed by atoms with Crippen LogP contribution in [-0.2, 0) is 27.3 Å². The van der Waals surface area contributed by atoms with Gasteiger partial charge in [0.15, 0.2) is 0 Å². The van der Waals surface area contributed by atoms with Gasteiger partial charge >= 0.3 is 6.09 Å². The third-order valence-electron chi connectivity index (χ3n) is 5.70. The van der Waals surface area contributed by atoms with Crippen LogP contribution in [0.25, 0.3) is 0 Å². The molecule has 0 unspecified atom stereocenters. The summed E-state index contributed by atoms with van der Waals surface area (Å²) in [6.07, 6.45) is -0.197. The van der Waals surface area contributed by atoms with Crippen LogP contribution in [0.15, 0.2) is 60.7 Å². The zero-order valence-electron chi connectivity index (χ0n) is 18.4. The summed E-state index contributed by atoms with van der Waals surface area (Å²) in [5.74, 6) is -1.04. The molecule has 0 bridgehead atoms. The molecule has 0 aliphatic carbocycles. The van der Waals surface area contributed by atoms with Crippen molar-refractivity contribution >= 4 is 17.9 Å². The van der Waals surface area contributed by atoms with Gasteiger partial charge in [0.25, 0.3) is 0 Å². The number of amides is 3. The minimum Gasteiger partial charge on any atom is -0.447 e. The summed E-state index contributed by atoms with van der Waals surface area (Å²) in [5.41, 5.74) is 1.97. The number of carbonyl (C=O) groups is 3. The van der Waals surface area contributed by atoms with E-state index in [1.54, 1.807) is 11.9 Å². The smallest absolute Gasteiger partial charge is 0.416 e. The van der Waals surface area contributed by atoms with Crippen LogP contribution in [0.5, 0.6) is 0 Å². The van der Waals surface area contributed by atoms with Crippen molar-refractivity contribution < 1.29 is 19.1 Å². The van der Waals surface area contributed by atoms with Crippen molar-refractivity contribution in [3.63, 3.8) is 0 Å². The minimum atomic E-state index is -0.639. The molecule has 0 aromatic heterocycles. The zero-order chi connectivity index (χ0) is 22.4. The molecule has 2 aromatic rings. The second-order valence-corrected chi connectivity index (χ2v) is 8.42. The number of nitrogens with zero attached hydrogens (tertiary/aromatic N) is 2. The van der Waals surface area contributed by atoms with Crippen molar-refractivity contribution in [3.8, 4) is 0 Å². The van der Waals surface area contributed by atoms with Gasteiger partial charge in [-0.1, -0.05) is 74.5 Å². The van der Waals surface area contributed by atoms with Crippen molar-refractivity contribution in [2.45, 2.75) is 39.3 Å². The monoisotopic (exact) mass is 422 g/mol. The lowest BCUT2D eigenvalue weighted by Gasteiger charge is -2.28. The van der Waals surface area contributed by atoms with Gasteiger partial charge in [-0.25, -0.2) is 9.69 Å². The summed E-state index contributed by atoms with van der Waals surface area (Å²) in [6.45, 7) is 4.57. The maximum atomic E-state index is 13.4. The average molecular weight is 423 g/mol. The summed E-state index contributed by atoms with van der Waals surface area (Å²) in [7, 11) is 1.74. The molecule has 3 rings (SSSR count). The molecular formula is C25H30N2O4. The van der Waals surface area contributed by atoms with Crippen molar-refractivity contribution in [2.24, 2.45) is 11.8 Å². The number of imide groups is 1. The number of ether oxygens (including phenoxy) is 1. The SMILES string of the molecule is CC(C)[C@@H]1COC(=O)N1C(=O)[C@@H](CC(=O)N(C)Cc1ccccc1)Cc1ccccc1. The molecule has 1 aliphatic heterocycles. The van der Waals surface area contributed by atoms with E-state index < -0.39 is 12.0 Å². The fourth-order valence-corrected chi connectivity index (χ4v) is 3.83. The van der Waals surface area contributed by atoms with E-state index in [-0.39, 0.29) is 36.8 Å². The van der Waals surface area contributed by atoms with Crippen molar-refractivity contribution in [1.29, 1.82) is 0 Å². The van der Waals surface area contributed by atoms with Crippen molar-refractivity contribution in [1.82, 2.24) is 9.80 Å². The molecule has 0 N–H and O–H groups in total. The Kier molecular flexibility index (Phi) is 7.45. The van der Waals surface area contributed by atoms with E-state index in [2.05, 4.69) is 0 Å². The molecule has 3 amide bonds. The minimum absolute atomic E-state index is 0.0334. The number of rotatable bonds is 8. The Hall–Kier alpha value is -3.15. The topological polar surface area (TPSA) is 66.9 Å². The molecule has 2 atom stereocenters. The molecule has 2 aromatic carbocycles. The number of hydrogen-bond acceptors (Lipinski definition) is 4. The Morgan fingerprint density at radius 1 is 1.03 bits per heavy atom. The highest BCUT2D eigenvalue weighted by Gasteiger charge is 2.42. The molecule has 1 heterocycles. The summed E-state index contributed by atoms with van der Waals surface area (Å²) in [4.78, 5) is 41.6. The number of benzene rings is 2. The molecule has 1 aliphatic rings. The van der Waals surface area contributed by atoms with Gasteiger partial charge in [0, 0.05) is 20.0 Å². The second kappa shape index (κ2) is 10.2. The zero-order valence-corrected chi connectivity index (χ0v) is 18.4. The Labute approximate surface area is 183 Å². The molecule has 1 fully saturated rings. The lowest BCUT2D eigenvalue weighted by atomic mass is 9.92. The predicted octanol–water partition coefficient (Wildman–Crippen LogP) is 3.90. The Morgan fingerprint density at radius 3 is 2.19 bits per heavy atom. The standard InChI is InChI=1S/C25H30N2O4/c1-18(2)22-17-31-25(30)27(22)24(29)21(14-19-10-6-4-7-11-19)15-23(28)26(3)16-20-12-8-5-9-13-20/h4-13,18,21-22H,14-17H2,1-3H3/t21-,22+/m1/s1. The third kappa shape index (κ3) is 5.72. The quantitative estimate of drug-likeness (QED) is 0.647. The first kappa shape index (κ1) is 22.5. The van der Waals surface area contributed by atoms with Crippen molar-refractivity contribution in [3.05, 3.63) is 71.8 Å². The third-order valence-corrected chi connectivity index (χ3v) is 5.70. The van der Waals surface area contributed by atoms with Crippen LogP contribution in [0.4, 0.5) is 4.79 Å². The molecule has 164 valence electrons. The van der Waals surface area contributed by atoms with Gasteiger partial charge in [-0.15, -0.1) is 0 Å². The van der Waals surface area contributed by atoms with Gasteiger partial charge in [-0.05, 0) is 23.5 Å². The number of hydrogen-bond donors (Lipinski definition) is 0. The summed E-state index contributed by atoms with van der Waals surface area (Å²) < 4.78 is 5.16. The molecular weight excluding hydrogens is 392 g/mol. The van der Waals surface area contributed by atoms with Crippen LogP contribution in [0, 0.1) is 11.8 Å². The highest BCUT2D eigenvalue weighted by molar-refractivity contribution is 5.96. The van der Waals surface area contributed by atoms with E-state index in [4.69, 9.17) is 4.74 Å². The van der Waals surface area contributed by atoms with E-state index in [0.717, 1.165) is 11.1 Å². The van der Waals surface area contributed by atoms with Gasteiger partial charge in [0.2, 0.25) is 11.8 Å². The fraction of sp³-hybridized carbons (Fsp3) is 0.400.